The number of nitrogens with zero attached hydrogens (tertiary/aromatic N) is 2. The van der Waals surface area contributed by atoms with Crippen molar-refractivity contribution in [3.05, 3.63) is 92.2 Å². The van der Waals surface area contributed by atoms with Crippen LogP contribution in [0.1, 0.15) is 11.1 Å². The SMILES string of the molecule is Cc1cc(Cl)ccc1NCc1cc(Cl)cc2c(=O)n(C)c(-c3ccccc3)nc12. The van der Waals surface area contributed by atoms with E-state index in [2.05, 4.69) is 5.32 Å². The van der Waals surface area contributed by atoms with E-state index < -0.39 is 0 Å². The van der Waals surface area contributed by atoms with Gasteiger partial charge in [-0.3, -0.25) is 9.36 Å². The van der Waals surface area contributed by atoms with Gasteiger partial charge in [-0.05, 0) is 48.4 Å². The fraction of sp³-hybridized carbons (Fsp3) is 0.130. The summed E-state index contributed by atoms with van der Waals surface area (Å²) in [6.45, 7) is 2.47. The van der Waals surface area contributed by atoms with Gasteiger partial charge in [-0.15, -0.1) is 0 Å². The molecule has 29 heavy (non-hydrogen) atoms. The van der Waals surface area contributed by atoms with Crippen molar-refractivity contribution in [3.8, 4) is 11.4 Å². The second-order valence-corrected chi connectivity index (χ2v) is 7.81. The Morgan fingerprint density at radius 3 is 2.48 bits per heavy atom. The number of nitrogens with one attached hydrogen (secondary N) is 1. The van der Waals surface area contributed by atoms with Crippen LogP contribution in [0.5, 0.6) is 0 Å². The fourth-order valence-corrected chi connectivity index (χ4v) is 3.87. The van der Waals surface area contributed by atoms with Gasteiger partial charge in [0.05, 0.1) is 10.9 Å². The van der Waals surface area contributed by atoms with Crippen molar-refractivity contribution < 1.29 is 0 Å². The van der Waals surface area contributed by atoms with E-state index in [0.29, 0.717) is 33.3 Å². The second-order valence-electron chi connectivity index (χ2n) is 6.94. The van der Waals surface area contributed by atoms with E-state index >= 15 is 0 Å². The fourth-order valence-electron chi connectivity index (χ4n) is 3.40. The quantitative estimate of drug-likeness (QED) is 0.449. The van der Waals surface area contributed by atoms with Crippen LogP contribution in [-0.4, -0.2) is 9.55 Å². The van der Waals surface area contributed by atoms with E-state index in [4.69, 9.17) is 28.2 Å². The zero-order valence-electron chi connectivity index (χ0n) is 16.0. The van der Waals surface area contributed by atoms with Gasteiger partial charge in [-0.2, -0.15) is 0 Å². The van der Waals surface area contributed by atoms with Gasteiger partial charge in [0, 0.05) is 34.9 Å². The van der Waals surface area contributed by atoms with Crippen molar-refractivity contribution in [2.24, 2.45) is 7.05 Å². The van der Waals surface area contributed by atoms with Crippen LogP contribution < -0.4 is 10.9 Å². The average molecular weight is 424 g/mol. The molecule has 0 atom stereocenters. The third-order valence-electron chi connectivity index (χ3n) is 4.91. The Bertz CT molecular complexity index is 1270. The molecule has 0 amide bonds. The molecule has 4 nitrogen and oxygen atoms in total. The van der Waals surface area contributed by atoms with Gasteiger partial charge >= 0.3 is 0 Å². The summed E-state index contributed by atoms with van der Waals surface area (Å²) in [5, 5.41) is 5.11. The van der Waals surface area contributed by atoms with Crippen molar-refractivity contribution in [3.63, 3.8) is 0 Å². The van der Waals surface area contributed by atoms with Gasteiger partial charge < -0.3 is 5.32 Å². The topological polar surface area (TPSA) is 46.9 Å². The summed E-state index contributed by atoms with van der Waals surface area (Å²) in [6, 6.07) is 18.9. The average Bonchev–Trinajstić information content (AvgIpc) is 2.71. The van der Waals surface area contributed by atoms with Crippen LogP contribution in [-0.2, 0) is 13.6 Å². The zero-order chi connectivity index (χ0) is 20.5. The van der Waals surface area contributed by atoms with E-state index in [-0.39, 0.29) is 5.56 Å². The van der Waals surface area contributed by atoms with E-state index in [1.165, 1.54) is 0 Å². The Labute approximate surface area is 178 Å². The first-order chi connectivity index (χ1) is 13.9. The first kappa shape index (κ1) is 19.5. The van der Waals surface area contributed by atoms with Gasteiger partial charge in [0.25, 0.3) is 5.56 Å². The van der Waals surface area contributed by atoms with Crippen molar-refractivity contribution in [2.45, 2.75) is 13.5 Å². The molecule has 0 unspecified atom stereocenters. The minimum atomic E-state index is -0.125. The molecule has 0 aliphatic heterocycles. The maximum absolute atomic E-state index is 13.0. The number of fused-ring (bicyclic) bond motifs is 1. The molecule has 146 valence electrons. The molecule has 1 heterocycles. The van der Waals surface area contributed by atoms with Crippen LogP contribution in [0.25, 0.3) is 22.3 Å². The molecule has 1 N–H and O–H groups in total. The highest BCUT2D eigenvalue weighted by Crippen LogP contribution is 2.26. The lowest BCUT2D eigenvalue weighted by Gasteiger charge is -2.14. The van der Waals surface area contributed by atoms with Crippen molar-refractivity contribution in [1.82, 2.24) is 9.55 Å². The predicted molar refractivity (Wildman–Crippen MR) is 121 cm³/mol. The zero-order valence-corrected chi connectivity index (χ0v) is 17.6. The van der Waals surface area contributed by atoms with Gasteiger partial charge in [0.15, 0.2) is 0 Å². The number of benzene rings is 3. The highest BCUT2D eigenvalue weighted by molar-refractivity contribution is 6.31. The summed E-state index contributed by atoms with van der Waals surface area (Å²) in [5.74, 6) is 0.620. The van der Waals surface area contributed by atoms with E-state index in [0.717, 1.165) is 22.4 Å². The molecular weight excluding hydrogens is 405 g/mol. The molecule has 0 radical (unpaired) electrons. The molecular formula is C23H19Cl2N3O. The standard InChI is InChI=1S/C23H19Cl2N3O/c1-14-10-17(24)8-9-20(14)26-13-16-11-18(25)12-19-21(16)27-22(28(2)23(19)29)15-6-4-3-5-7-15/h3-12,26H,13H2,1-2H3. The summed E-state index contributed by atoms with van der Waals surface area (Å²) in [7, 11) is 1.73. The van der Waals surface area contributed by atoms with Gasteiger partial charge in [0.1, 0.15) is 5.82 Å². The van der Waals surface area contributed by atoms with Crippen molar-refractivity contribution >= 4 is 39.8 Å². The molecule has 0 saturated heterocycles. The van der Waals surface area contributed by atoms with Crippen molar-refractivity contribution in [2.75, 3.05) is 5.32 Å². The molecule has 0 spiro atoms. The van der Waals surface area contributed by atoms with Gasteiger partial charge in [0.2, 0.25) is 0 Å². The van der Waals surface area contributed by atoms with Gasteiger partial charge in [-0.1, -0.05) is 53.5 Å². The summed E-state index contributed by atoms with van der Waals surface area (Å²) < 4.78 is 1.56. The first-order valence-corrected chi connectivity index (χ1v) is 9.94. The Morgan fingerprint density at radius 1 is 1.00 bits per heavy atom. The lowest BCUT2D eigenvalue weighted by atomic mass is 10.1. The monoisotopic (exact) mass is 423 g/mol. The molecule has 3 aromatic carbocycles. The van der Waals surface area contributed by atoms with Crippen LogP contribution in [0, 0.1) is 6.92 Å². The van der Waals surface area contributed by atoms with Crippen LogP contribution in [0.15, 0.2) is 65.5 Å². The van der Waals surface area contributed by atoms with Crippen molar-refractivity contribution in [1.29, 1.82) is 0 Å². The minimum absolute atomic E-state index is 0.125. The number of hydrogen-bond donors (Lipinski definition) is 1. The summed E-state index contributed by atoms with van der Waals surface area (Å²) >= 11 is 12.4. The van der Waals surface area contributed by atoms with E-state index in [1.807, 2.05) is 61.5 Å². The normalized spacial score (nSPS) is 11.0. The second kappa shape index (κ2) is 7.90. The Morgan fingerprint density at radius 2 is 1.76 bits per heavy atom. The molecule has 6 heteroatoms. The van der Waals surface area contributed by atoms with E-state index in [9.17, 15) is 4.79 Å². The molecule has 0 aliphatic rings. The molecule has 0 bridgehead atoms. The maximum Gasteiger partial charge on any atom is 0.261 e. The number of halogens is 2. The number of hydrogen-bond acceptors (Lipinski definition) is 3. The molecule has 0 fully saturated rings. The summed E-state index contributed by atoms with van der Waals surface area (Å²) in [6.07, 6.45) is 0. The third kappa shape index (κ3) is 3.86. The maximum atomic E-state index is 13.0. The van der Waals surface area contributed by atoms with Crippen LogP contribution >= 0.6 is 23.2 Å². The Kier molecular flexibility index (Phi) is 5.31. The summed E-state index contributed by atoms with van der Waals surface area (Å²) in [5.41, 5.74) is 4.27. The molecule has 0 saturated carbocycles. The molecule has 0 aliphatic carbocycles. The highest BCUT2D eigenvalue weighted by atomic mass is 35.5. The van der Waals surface area contributed by atoms with E-state index in [1.54, 1.807) is 17.7 Å². The molecule has 4 aromatic rings. The van der Waals surface area contributed by atoms with Crippen LogP contribution in [0.4, 0.5) is 5.69 Å². The summed E-state index contributed by atoms with van der Waals surface area (Å²) in [4.78, 5) is 17.9. The number of rotatable bonds is 4. The smallest absolute Gasteiger partial charge is 0.261 e. The number of aromatic nitrogens is 2. The minimum Gasteiger partial charge on any atom is -0.381 e. The Hall–Kier alpha value is -2.82. The lowest BCUT2D eigenvalue weighted by Crippen LogP contribution is -2.21. The molecule has 4 rings (SSSR count). The Balaban J connectivity index is 1.83. The number of anilines is 1. The lowest BCUT2D eigenvalue weighted by molar-refractivity contribution is 0.854. The highest BCUT2D eigenvalue weighted by Gasteiger charge is 2.14. The number of aryl methyl sites for hydroxylation is 1. The van der Waals surface area contributed by atoms with Crippen LogP contribution in [0.2, 0.25) is 10.0 Å². The molecule has 1 aromatic heterocycles. The first-order valence-electron chi connectivity index (χ1n) is 9.18. The van der Waals surface area contributed by atoms with Gasteiger partial charge in [-0.25, -0.2) is 4.98 Å². The largest absolute Gasteiger partial charge is 0.381 e. The predicted octanol–water partition coefficient (Wildman–Crippen LogP) is 5.83. The van der Waals surface area contributed by atoms with Crippen LogP contribution in [0.3, 0.4) is 0 Å². The third-order valence-corrected chi connectivity index (χ3v) is 5.37.